The number of rotatable bonds is 2. The molecule has 0 bridgehead atoms. The maximum Gasteiger partial charge on any atom is 0.255 e. The van der Waals surface area contributed by atoms with Gasteiger partial charge in [-0.3, -0.25) is 4.79 Å². The molecule has 1 amide bonds. The van der Waals surface area contributed by atoms with E-state index >= 15 is 0 Å². The zero-order valence-electron chi connectivity index (χ0n) is 8.64. The summed E-state index contributed by atoms with van der Waals surface area (Å²) in [6, 6.07) is 7.72. The van der Waals surface area contributed by atoms with Crippen molar-refractivity contribution in [3.8, 4) is 0 Å². The average Bonchev–Trinajstić information content (AvgIpc) is 2.82. The molecule has 0 aliphatic heterocycles. The van der Waals surface area contributed by atoms with Gasteiger partial charge in [-0.15, -0.1) is 0 Å². The number of furan rings is 1. The molecule has 0 spiro atoms. The van der Waals surface area contributed by atoms with E-state index in [9.17, 15) is 4.79 Å². The number of carbonyl (C=O) groups excluding carboxylic acids is 1. The van der Waals surface area contributed by atoms with E-state index in [4.69, 9.17) is 10.2 Å². The number of hydrogen-bond acceptors (Lipinski definition) is 3. The van der Waals surface area contributed by atoms with Crippen molar-refractivity contribution in [2.24, 2.45) is 5.73 Å². The summed E-state index contributed by atoms with van der Waals surface area (Å²) in [4.78, 5) is 11.9. The van der Waals surface area contributed by atoms with Gasteiger partial charge in [0.2, 0.25) is 0 Å². The van der Waals surface area contributed by atoms with E-state index in [-0.39, 0.29) is 18.0 Å². The maximum atomic E-state index is 11.9. The lowest BCUT2D eigenvalue weighted by atomic mass is 10.1. The molecule has 16 heavy (non-hydrogen) atoms. The fraction of sp³-hybridized carbons (Fsp3) is 0.250. The molecular weight excluding hydrogens is 204 g/mol. The molecule has 2 atom stereocenters. The van der Waals surface area contributed by atoms with Crippen LogP contribution in [0.3, 0.4) is 0 Å². The van der Waals surface area contributed by atoms with Gasteiger partial charge in [0.05, 0.1) is 5.56 Å². The Kier molecular flexibility index (Phi) is 1.97. The van der Waals surface area contributed by atoms with Crippen LogP contribution < -0.4 is 11.1 Å². The quantitative estimate of drug-likeness (QED) is 0.794. The van der Waals surface area contributed by atoms with Crippen LogP contribution in [0.15, 0.2) is 34.9 Å². The highest BCUT2D eigenvalue weighted by molar-refractivity contribution is 6.06. The molecule has 1 aromatic carbocycles. The third-order valence-corrected chi connectivity index (χ3v) is 2.88. The molecule has 1 saturated carbocycles. The van der Waals surface area contributed by atoms with Crippen LogP contribution in [-0.2, 0) is 0 Å². The van der Waals surface area contributed by atoms with E-state index in [1.54, 1.807) is 0 Å². The number of para-hydroxylation sites is 1. The summed E-state index contributed by atoms with van der Waals surface area (Å²) < 4.78 is 5.31. The van der Waals surface area contributed by atoms with Crippen molar-refractivity contribution in [3.63, 3.8) is 0 Å². The summed E-state index contributed by atoms with van der Waals surface area (Å²) in [5, 5.41) is 3.72. The number of benzene rings is 1. The van der Waals surface area contributed by atoms with Gasteiger partial charge in [-0.1, -0.05) is 18.2 Å². The van der Waals surface area contributed by atoms with Gasteiger partial charge in [-0.25, -0.2) is 0 Å². The van der Waals surface area contributed by atoms with Gasteiger partial charge in [0.1, 0.15) is 11.8 Å². The second-order valence-electron chi connectivity index (χ2n) is 4.13. The molecule has 1 heterocycles. The smallest absolute Gasteiger partial charge is 0.255 e. The summed E-state index contributed by atoms with van der Waals surface area (Å²) in [6.07, 6.45) is 2.36. The minimum Gasteiger partial charge on any atom is -0.463 e. The lowest BCUT2D eigenvalue weighted by molar-refractivity contribution is 0.0951. The van der Waals surface area contributed by atoms with E-state index in [0.29, 0.717) is 5.56 Å². The lowest BCUT2D eigenvalue weighted by Crippen LogP contribution is -2.29. The van der Waals surface area contributed by atoms with Crippen LogP contribution in [0.25, 0.3) is 11.0 Å². The monoisotopic (exact) mass is 216 g/mol. The first kappa shape index (κ1) is 9.42. The lowest BCUT2D eigenvalue weighted by Gasteiger charge is -2.00. The van der Waals surface area contributed by atoms with Gasteiger partial charge in [0.25, 0.3) is 5.91 Å². The van der Waals surface area contributed by atoms with Gasteiger partial charge in [-0.05, 0) is 12.5 Å². The van der Waals surface area contributed by atoms with Crippen molar-refractivity contribution in [3.05, 3.63) is 36.1 Å². The molecule has 2 unspecified atom stereocenters. The number of hydrogen-bond donors (Lipinski definition) is 2. The second kappa shape index (κ2) is 3.35. The Balaban J connectivity index is 1.90. The molecule has 3 N–H and O–H groups in total. The molecule has 1 aromatic heterocycles. The van der Waals surface area contributed by atoms with E-state index in [1.165, 1.54) is 6.26 Å². The van der Waals surface area contributed by atoms with Crippen LogP contribution in [0.2, 0.25) is 0 Å². The van der Waals surface area contributed by atoms with Crippen LogP contribution in [0.1, 0.15) is 16.8 Å². The van der Waals surface area contributed by atoms with Crippen molar-refractivity contribution in [2.75, 3.05) is 0 Å². The molecule has 82 valence electrons. The summed E-state index contributed by atoms with van der Waals surface area (Å²) in [5.74, 6) is -0.108. The first-order valence-corrected chi connectivity index (χ1v) is 5.28. The molecule has 1 aliphatic carbocycles. The molecule has 4 heteroatoms. The molecule has 1 aliphatic rings. The Morgan fingerprint density at radius 1 is 1.44 bits per heavy atom. The SMILES string of the molecule is NC1CC1NC(=O)c1coc2ccccc12. The number of nitrogens with one attached hydrogen (secondary N) is 1. The largest absolute Gasteiger partial charge is 0.463 e. The standard InChI is InChI=1S/C12H12N2O2/c13-9-5-10(9)14-12(15)8-6-16-11-4-2-1-3-7(8)11/h1-4,6,9-10H,5,13H2,(H,14,15). The third kappa shape index (κ3) is 1.47. The summed E-state index contributed by atoms with van der Waals surface area (Å²) in [5.41, 5.74) is 6.95. The van der Waals surface area contributed by atoms with E-state index in [2.05, 4.69) is 5.32 Å². The predicted molar refractivity (Wildman–Crippen MR) is 60.1 cm³/mol. The van der Waals surface area contributed by atoms with E-state index in [0.717, 1.165) is 17.4 Å². The number of carbonyl (C=O) groups is 1. The summed E-state index contributed by atoms with van der Waals surface area (Å²) >= 11 is 0. The molecular formula is C12H12N2O2. The van der Waals surface area contributed by atoms with Gasteiger partial charge < -0.3 is 15.5 Å². The molecule has 2 aromatic rings. The third-order valence-electron chi connectivity index (χ3n) is 2.88. The topological polar surface area (TPSA) is 68.3 Å². The molecule has 4 nitrogen and oxygen atoms in total. The molecule has 3 rings (SSSR count). The molecule has 0 saturated heterocycles. The summed E-state index contributed by atoms with van der Waals surface area (Å²) in [7, 11) is 0. The summed E-state index contributed by atoms with van der Waals surface area (Å²) in [6.45, 7) is 0. The van der Waals surface area contributed by atoms with Gasteiger partial charge in [0.15, 0.2) is 0 Å². The van der Waals surface area contributed by atoms with Crippen molar-refractivity contribution in [2.45, 2.75) is 18.5 Å². The number of nitrogens with two attached hydrogens (primary N) is 1. The van der Waals surface area contributed by atoms with Crippen molar-refractivity contribution >= 4 is 16.9 Å². The first-order valence-electron chi connectivity index (χ1n) is 5.28. The highest BCUT2D eigenvalue weighted by Gasteiger charge is 2.35. The molecule has 0 radical (unpaired) electrons. The Hall–Kier alpha value is -1.81. The first-order chi connectivity index (χ1) is 7.75. The van der Waals surface area contributed by atoms with Crippen LogP contribution >= 0.6 is 0 Å². The predicted octanol–water partition coefficient (Wildman–Crippen LogP) is 1.26. The van der Waals surface area contributed by atoms with E-state index < -0.39 is 0 Å². The highest BCUT2D eigenvalue weighted by atomic mass is 16.3. The maximum absolute atomic E-state index is 11.9. The second-order valence-corrected chi connectivity index (χ2v) is 4.13. The van der Waals surface area contributed by atoms with Crippen LogP contribution in [0, 0.1) is 0 Å². The van der Waals surface area contributed by atoms with Crippen LogP contribution in [-0.4, -0.2) is 18.0 Å². The van der Waals surface area contributed by atoms with Crippen molar-refractivity contribution in [1.29, 1.82) is 0 Å². The minimum atomic E-state index is -0.108. The zero-order chi connectivity index (χ0) is 11.1. The minimum absolute atomic E-state index is 0.108. The van der Waals surface area contributed by atoms with Crippen LogP contribution in [0.5, 0.6) is 0 Å². The zero-order valence-corrected chi connectivity index (χ0v) is 8.64. The Morgan fingerprint density at radius 2 is 2.19 bits per heavy atom. The van der Waals surface area contributed by atoms with E-state index in [1.807, 2.05) is 24.3 Å². The number of amides is 1. The van der Waals surface area contributed by atoms with Crippen molar-refractivity contribution in [1.82, 2.24) is 5.32 Å². The normalized spacial score (nSPS) is 23.3. The van der Waals surface area contributed by atoms with Crippen molar-refractivity contribution < 1.29 is 9.21 Å². The van der Waals surface area contributed by atoms with Gasteiger partial charge >= 0.3 is 0 Å². The Labute approximate surface area is 92.4 Å². The fourth-order valence-electron chi connectivity index (χ4n) is 1.78. The Morgan fingerprint density at radius 3 is 2.94 bits per heavy atom. The molecule has 1 fully saturated rings. The van der Waals surface area contributed by atoms with Gasteiger partial charge in [-0.2, -0.15) is 0 Å². The highest BCUT2D eigenvalue weighted by Crippen LogP contribution is 2.23. The van der Waals surface area contributed by atoms with Crippen LogP contribution in [0.4, 0.5) is 0 Å². The fourth-order valence-corrected chi connectivity index (χ4v) is 1.78. The Bertz CT molecular complexity index is 547. The average molecular weight is 216 g/mol. The van der Waals surface area contributed by atoms with Gasteiger partial charge in [0, 0.05) is 17.5 Å². The number of fused-ring (bicyclic) bond motifs is 1.